The third kappa shape index (κ3) is 6.58. The molecular weight excluding hydrogens is 548 g/mol. The van der Waals surface area contributed by atoms with E-state index in [9.17, 15) is 24.0 Å². The summed E-state index contributed by atoms with van der Waals surface area (Å²) in [6.07, 6.45) is -2.19. The fraction of sp³-hybridized carbons (Fsp3) is 0.233. The zero-order valence-electron chi connectivity index (χ0n) is 21.7. The number of nitrogens with zero attached hydrogens (tertiary/aromatic N) is 1. The molecule has 0 radical (unpaired) electrons. The molecule has 1 N–H and O–H groups in total. The molecule has 2 heterocycles. The smallest absolute Gasteiger partial charge is 0.338 e. The fourth-order valence-electron chi connectivity index (χ4n) is 4.53. The first-order valence-electron chi connectivity index (χ1n) is 12.9. The number of carbonyl (C=O) groups excluding carboxylic acids is 5. The molecule has 3 aromatic carbocycles. The molecule has 0 bridgehead atoms. The van der Waals surface area contributed by atoms with Crippen molar-refractivity contribution in [2.75, 3.05) is 13.2 Å². The van der Waals surface area contributed by atoms with Crippen LogP contribution in [0.1, 0.15) is 37.5 Å². The average molecular weight is 575 g/mol. The van der Waals surface area contributed by atoms with Crippen molar-refractivity contribution in [2.24, 2.45) is 0 Å². The number of urea groups is 1. The predicted molar refractivity (Wildman–Crippen MR) is 148 cm³/mol. The quantitative estimate of drug-likeness (QED) is 0.317. The molecule has 0 saturated carbocycles. The maximum atomic E-state index is 13.2. The molecule has 11 heteroatoms. The van der Waals surface area contributed by atoms with Gasteiger partial charge in [0.05, 0.1) is 21.9 Å². The highest BCUT2D eigenvalue weighted by Gasteiger charge is 2.53. The van der Waals surface area contributed by atoms with Crippen LogP contribution in [0.4, 0.5) is 4.79 Å². The predicted octanol–water partition coefficient (Wildman–Crippen LogP) is 3.68. The molecule has 210 valence electrons. The SMILES string of the molecule is O=C1CCN([C@@H]2S[C@H](COC(=O)c3ccccc3)[C@@H](OC(=O)c3ccccc3)[C@H]2OC(=O)c2ccccc2)C(=O)N1. The minimum Gasteiger partial charge on any atom is -0.461 e. The molecule has 2 aliphatic heterocycles. The summed E-state index contributed by atoms with van der Waals surface area (Å²) in [6.45, 7) is -0.132. The number of carbonyl (C=O) groups is 5. The second kappa shape index (κ2) is 12.7. The zero-order chi connectivity index (χ0) is 28.8. The van der Waals surface area contributed by atoms with Gasteiger partial charge < -0.3 is 19.1 Å². The van der Waals surface area contributed by atoms with Crippen LogP contribution in [-0.2, 0) is 19.0 Å². The van der Waals surface area contributed by atoms with Crippen LogP contribution in [0.3, 0.4) is 0 Å². The number of ether oxygens (including phenoxy) is 3. The second-order valence-electron chi connectivity index (χ2n) is 9.30. The average Bonchev–Trinajstić information content (AvgIpc) is 3.33. The van der Waals surface area contributed by atoms with Gasteiger partial charge >= 0.3 is 23.9 Å². The molecule has 3 amide bonds. The first-order valence-corrected chi connectivity index (χ1v) is 13.8. The maximum absolute atomic E-state index is 13.2. The zero-order valence-corrected chi connectivity index (χ0v) is 22.5. The van der Waals surface area contributed by atoms with Crippen LogP contribution in [0.5, 0.6) is 0 Å². The van der Waals surface area contributed by atoms with Crippen molar-refractivity contribution in [3.05, 3.63) is 108 Å². The van der Waals surface area contributed by atoms with Crippen LogP contribution in [0.25, 0.3) is 0 Å². The number of thioether (sulfide) groups is 1. The van der Waals surface area contributed by atoms with Gasteiger partial charge in [0.15, 0.2) is 12.2 Å². The molecule has 0 aliphatic carbocycles. The minimum atomic E-state index is -1.14. The van der Waals surface area contributed by atoms with Crippen LogP contribution in [0.2, 0.25) is 0 Å². The number of hydrogen-bond acceptors (Lipinski definition) is 9. The number of esters is 3. The Hall–Kier alpha value is -4.64. The third-order valence-corrected chi connectivity index (χ3v) is 8.13. The van der Waals surface area contributed by atoms with Crippen LogP contribution in [-0.4, -0.2) is 70.7 Å². The van der Waals surface area contributed by atoms with Crippen molar-refractivity contribution in [3.8, 4) is 0 Å². The summed E-state index contributed by atoms with van der Waals surface area (Å²) in [5, 5.41) is 0.729. The number of imide groups is 1. The monoisotopic (exact) mass is 574 g/mol. The summed E-state index contributed by atoms with van der Waals surface area (Å²) in [4.78, 5) is 65.2. The van der Waals surface area contributed by atoms with Gasteiger partial charge in [-0.2, -0.15) is 0 Å². The van der Waals surface area contributed by atoms with Gasteiger partial charge in [0.2, 0.25) is 5.91 Å². The van der Waals surface area contributed by atoms with E-state index in [1.807, 2.05) is 0 Å². The van der Waals surface area contributed by atoms with Gasteiger partial charge in [-0.05, 0) is 36.4 Å². The van der Waals surface area contributed by atoms with Gasteiger partial charge in [0.25, 0.3) is 0 Å². The summed E-state index contributed by atoms with van der Waals surface area (Å²) in [6, 6.07) is 24.3. The molecule has 5 rings (SSSR count). The first-order chi connectivity index (χ1) is 19.9. The van der Waals surface area contributed by atoms with Crippen molar-refractivity contribution < 1.29 is 38.2 Å². The van der Waals surface area contributed by atoms with Crippen molar-refractivity contribution in [1.82, 2.24) is 10.2 Å². The van der Waals surface area contributed by atoms with E-state index in [1.165, 1.54) is 16.7 Å². The molecule has 0 spiro atoms. The molecule has 41 heavy (non-hydrogen) atoms. The number of benzene rings is 3. The highest BCUT2D eigenvalue weighted by molar-refractivity contribution is 8.00. The topological polar surface area (TPSA) is 128 Å². The Kier molecular flexibility index (Phi) is 8.64. The van der Waals surface area contributed by atoms with Gasteiger partial charge in [-0.15, -0.1) is 11.8 Å². The molecule has 2 aliphatic rings. The highest BCUT2D eigenvalue weighted by Crippen LogP contribution is 2.41. The Labute approximate surface area is 239 Å². The molecule has 0 unspecified atom stereocenters. The van der Waals surface area contributed by atoms with Crippen LogP contribution in [0, 0.1) is 0 Å². The molecular formula is C30H26N2O8S. The Bertz CT molecular complexity index is 1420. The molecule has 2 saturated heterocycles. The number of hydrogen-bond donors (Lipinski definition) is 1. The van der Waals surface area contributed by atoms with E-state index in [4.69, 9.17) is 14.2 Å². The molecule has 0 aromatic heterocycles. The first kappa shape index (κ1) is 27.9. The standard InChI is InChI=1S/C30H26N2O8S/c33-23-16-17-32(30(37)31-23)26-25(40-29(36)21-14-8-3-9-15-21)24(39-28(35)20-12-6-2-7-13-20)22(41-26)18-38-27(34)19-10-4-1-5-11-19/h1-15,22,24-26H,16-18H2,(H,31,33,37)/t22-,24-,25-,26-/m1/s1. The van der Waals surface area contributed by atoms with Gasteiger partial charge in [0.1, 0.15) is 12.0 Å². The van der Waals surface area contributed by atoms with Crippen LogP contribution >= 0.6 is 11.8 Å². The lowest BCUT2D eigenvalue weighted by Gasteiger charge is -2.34. The Morgan fingerprint density at radius 3 is 1.73 bits per heavy atom. The normalized spacial score (nSPS) is 22.0. The number of nitrogens with one attached hydrogen (secondary N) is 1. The van der Waals surface area contributed by atoms with E-state index in [0.717, 1.165) is 0 Å². The summed E-state index contributed by atoms with van der Waals surface area (Å²) < 4.78 is 17.4. The van der Waals surface area contributed by atoms with Gasteiger partial charge in [0, 0.05) is 13.0 Å². The second-order valence-corrected chi connectivity index (χ2v) is 10.7. The Morgan fingerprint density at radius 2 is 1.22 bits per heavy atom. The fourth-order valence-corrected chi connectivity index (χ4v) is 6.11. The summed E-state index contributed by atoms with van der Waals surface area (Å²) in [7, 11) is 0. The van der Waals surface area contributed by atoms with E-state index in [2.05, 4.69) is 5.32 Å². The Balaban J connectivity index is 1.45. The van der Waals surface area contributed by atoms with Crippen LogP contribution in [0.15, 0.2) is 91.0 Å². The van der Waals surface area contributed by atoms with Crippen molar-refractivity contribution in [3.63, 3.8) is 0 Å². The lowest BCUT2D eigenvalue weighted by Crippen LogP contribution is -2.56. The lowest BCUT2D eigenvalue weighted by atomic mass is 10.1. The van der Waals surface area contributed by atoms with Crippen LogP contribution < -0.4 is 5.32 Å². The van der Waals surface area contributed by atoms with E-state index < -0.39 is 52.7 Å². The summed E-state index contributed by atoms with van der Waals surface area (Å²) >= 11 is 1.17. The number of rotatable bonds is 8. The van der Waals surface area contributed by atoms with Crippen molar-refractivity contribution in [1.29, 1.82) is 0 Å². The van der Waals surface area contributed by atoms with E-state index in [-0.39, 0.29) is 30.7 Å². The number of amides is 3. The van der Waals surface area contributed by atoms with Gasteiger partial charge in [-0.1, -0.05) is 54.6 Å². The van der Waals surface area contributed by atoms with Crippen molar-refractivity contribution in [2.45, 2.75) is 29.3 Å². The largest absolute Gasteiger partial charge is 0.461 e. The molecule has 4 atom stereocenters. The molecule has 10 nitrogen and oxygen atoms in total. The minimum absolute atomic E-state index is 0.0459. The molecule has 2 fully saturated rings. The van der Waals surface area contributed by atoms with Gasteiger partial charge in [-0.3, -0.25) is 10.1 Å². The van der Waals surface area contributed by atoms with Crippen molar-refractivity contribution >= 4 is 41.6 Å². The summed E-state index contributed by atoms with van der Waals surface area (Å²) in [5.41, 5.74) is 0.878. The van der Waals surface area contributed by atoms with E-state index >= 15 is 0 Å². The van der Waals surface area contributed by atoms with E-state index in [1.54, 1.807) is 91.0 Å². The third-order valence-electron chi connectivity index (χ3n) is 6.57. The lowest BCUT2D eigenvalue weighted by molar-refractivity contribution is -0.122. The van der Waals surface area contributed by atoms with Gasteiger partial charge in [-0.25, -0.2) is 19.2 Å². The highest BCUT2D eigenvalue weighted by atomic mass is 32.2. The maximum Gasteiger partial charge on any atom is 0.338 e. The Morgan fingerprint density at radius 1 is 0.732 bits per heavy atom. The summed E-state index contributed by atoms with van der Waals surface area (Å²) in [5.74, 6) is -2.36. The molecule has 3 aromatic rings. The van der Waals surface area contributed by atoms with E-state index in [0.29, 0.717) is 5.56 Å².